The molecule has 1 rings (SSSR count). The molecule has 0 bridgehead atoms. The third-order valence-corrected chi connectivity index (χ3v) is 1.72. The third kappa shape index (κ3) is 2.65. The first-order valence-corrected chi connectivity index (χ1v) is 4.07. The molecule has 14 heavy (non-hydrogen) atoms. The number of nitrogens with two attached hydrogens (primary N) is 1. The van der Waals surface area contributed by atoms with Gasteiger partial charge in [-0.2, -0.15) is 8.78 Å². The molecule has 0 aromatic heterocycles. The summed E-state index contributed by atoms with van der Waals surface area (Å²) in [6, 6.07) is 6.02. The Labute approximate surface area is 80.1 Å². The molecule has 0 fully saturated rings. The van der Waals surface area contributed by atoms with E-state index in [0.717, 1.165) is 0 Å². The number of ether oxygens (including phenoxy) is 1. The van der Waals surface area contributed by atoms with Crippen molar-refractivity contribution in [3.8, 4) is 5.75 Å². The maximum atomic E-state index is 11.9. The molecule has 0 aliphatic rings. The van der Waals surface area contributed by atoms with E-state index >= 15 is 0 Å². The van der Waals surface area contributed by atoms with Gasteiger partial charge in [-0.05, 0) is 6.07 Å². The molecule has 78 valence electrons. The number of hydrogen-bond acceptors (Lipinski definition) is 3. The highest BCUT2D eigenvalue weighted by Gasteiger charge is 2.14. The lowest BCUT2D eigenvalue weighted by Gasteiger charge is -2.13. The molecule has 0 aliphatic heterocycles. The minimum Gasteiger partial charge on any atom is -0.434 e. The molecular formula is C9H11F2NO2. The van der Waals surface area contributed by atoms with Crippen molar-refractivity contribution in [3.63, 3.8) is 0 Å². The average molecular weight is 203 g/mol. The van der Waals surface area contributed by atoms with Crippen molar-refractivity contribution in [2.75, 3.05) is 6.54 Å². The van der Waals surface area contributed by atoms with Gasteiger partial charge in [-0.15, -0.1) is 0 Å². The van der Waals surface area contributed by atoms with Gasteiger partial charge in [-0.25, -0.2) is 0 Å². The SMILES string of the molecule is NC[C@@H](O)c1ccccc1OC(F)F. The zero-order valence-corrected chi connectivity index (χ0v) is 7.36. The predicted molar refractivity (Wildman–Crippen MR) is 47.1 cm³/mol. The summed E-state index contributed by atoms with van der Waals surface area (Å²) in [6.07, 6.45) is -0.982. The summed E-state index contributed by atoms with van der Waals surface area (Å²) < 4.78 is 28.1. The van der Waals surface area contributed by atoms with Crippen molar-refractivity contribution in [1.82, 2.24) is 0 Å². The van der Waals surface area contributed by atoms with Crippen LogP contribution in [0.2, 0.25) is 0 Å². The van der Waals surface area contributed by atoms with Crippen LogP contribution in [0.5, 0.6) is 5.75 Å². The smallest absolute Gasteiger partial charge is 0.387 e. The molecule has 0 heterocycles. The van der Waals surface area contributed by atoms with E-state index in [0.29, 0.717) is 0 Å². The second kappa shape index (κ2) is 4.88. The molecule has 3 N–H and O–H groups in total. The fraction of sp³-hybridized carbons (Fsp3) is 0.333. The maximum Gasteiger partial charge on any atom is 0.387 e. The van der Waals surface area contributed by atoms with Gasteiger partial charge in [0.2, 0.25) is 0 Å². The third-order valence-electron chi connectivity index (χ3n) is 1.72. The highest BCUT2D eigenvalue weighted by atomic mass is 19.3. The quantitative estimate of drug-likeness (QED) is 0.775. The van der Waals surface area contributed by atoms with Gasteiger partial charge in [-0.1, -0.05) is 18.2 Å². The number of para-hydroxylation sites is 1. The Kier molecular flexibility index (Phi) is 3.79. The van der Waals surface area contributed by atoms with Gasteiger partial charge in [0.05, 0.1) is 6.10 Å². The van der Waals surface area contributed by atoms with Gasteiger partial charge < -0.3 is 15.6 Å². The number of aliphatic hydroxyl groups is 1. The number of halogens is 2. The van der Waals surface area contributed by atoms with Crippen molar-refractivity contribution >= 4 is 0 Å². The number of hydrogen-bond donors (Lipinski definition) is 2. The Morgan fingerprint density at radius 3 is 2.57 bits per heavy atom. The van der Waals surface area contributed by atoms with Gasteiger partial charge in [0, 0.05) is 12.1 Å². The van der Waals surface area contributed by atoms with Crippen LogP contribution >= 0.6 is 0 Å². The summed E-state index contributed by atoms with van der Waals surface area (Å²) in [5.74, 6) is -0.0412. The van der Waals surface area contributed by atoms with Crippen molar-refractivity contribution in [3.05, 3.63) is 29.8 Å². The average Bonchev–Trinajstić information content (AvgIpc) is 2.16. The molecule has 0 unspecified atom stereocenters. The molecule has 0 saturated heterocycles. The van der Waals surface area contributed by atoms with Gasteiger partial charge in [0.1, 0.15) is 5.75 Å². The molecule has 0 amide bonds. The Morgan fingerprint density at radius 1 is 1.36 bits per heavy atom. The number of rotatable bonds is 4. The largest absolute Gasteiger partial charge is 0.434 e. The molecule has 1 aromatic carbocycles. The van der Waals surface area contributed by atoms with E-state index in [-0.39, 0.29) is 17.9 Å². The fourth-order valence-electron chi connectivity index (χ4n) is 1.09. The minimum absolute atomic E-state index is 0.0381. The molecule has 0 radical (unpaired) electrons. The summed E-state index contributed by atoms with van der Waals surface area (Å²) >= 11 is 0. The van der Waals surface area contributed by atoms with E-state index in [1.54, 1.807) is 12.1 Å². The Bertz CT molecular complexity index is 294. The summed E-state index contributed by atoms with van der Waals surface area (Å²) in [6.45, 7) is -2.94. The highest BCUT2D eigenvalue weighted by molar-refractivity contribution is 5.35. The number of aliphatic hydroxyl groups excluding tert-OH is 1. The lowest BCUT2D eigenvalue weighted by Crippen LogP contribution is -2.14. The van der Waals surface area contributed by atoms with Crippen LogP contribution in [-0.2, 0) is 0 Å². The molecule has 5 heteroatoms. The molecular weight excluding hydrogens is 192 g/mol. The Balaban J connectivity index is 2.91. The van der Waals surface area contributed by atoms with E-state index in [1.165, 1.54) is 12.1 Å². The molecule has 1 aromatic rings. The van der Waals surface area contributed by atoms with Gasteiger partial charge >= 0.3 is 6.61 Å². The van der Waals surface area contributed by atoms with E-state index in [9.17, 15) is 13.9 Å². The fourth-order valence-corrected chi connectivity index (χ4v) is 1.09. The summed E-state index contributed by atoms with van der Waals surface area (Å²) in [5, 5.41) is 9.37. The molecule has 3 nitrogen and oxygen atoms in total. The first-order chi connectivity index (χ1) is 6.65. The summed E-state index contributed by atoms with van der Waals surface area (Å²) in [4.78, 5) is 0. The van der Waals surface area contributed by atoms with Gasteiger partial charge in [0.15, 0.2) is 0 Å². The monoisotopic (exact) mass is 203 g/mol. The van der Waals surface area contributed by atoms with Crippen molar-refractivity contribution < 1.29 is 18.6 Å². The maximum absolute atomic E-state index is 11.9. The van der Waals surface area contributed by atoms with Gasteiger partial charge in [-0.3, -0.25) is 0 Å². The molecule has 1 atom stereocenters. The van der Waals surface area contributed by atoms with E-state index in [2.05, 4.69) is 4.74 Å². The lowest BCUT2D eigenvalue weighted by molar-refractivity contribution is -0.0514. The van der Waals surface area contributed by atoms with Crippen LogP contribution in [0.15, 0.2) is 24.3 Å². The van der Waals surface area contributed by atoms with Crippen LogP contribution in [0, 0.1) is 0 Å². The highest BCUT2D eigenvalue weighted by Crippen LogP contribution is 2.25. The van der Waals surface area contributed by atoms with Gasteiger partial charge in [0.25, 0.3) is 0 Å². The van der Waals surface area contributed by atoms with Crippen LogP contribution in [-0.4, -0.2) is 18.3 Å². The first-order valence-electron chi connectivity index (χ1n) is 4.07. The second-order valence-electron chi connectivity index (χ2n) is 2.67. The molecule has 0 aliphatic carbocycles. The zero-order chi connectivity index (χ0) is 10.6. The van der Waals surface area contributed by atoms with Crippen LogP contribution in [0.25, 0.3) is 0 Å². The Morgan fingerprint density at radius 2 is 2.00 bits per heavy atom. The molecule has 0 spiro atoms. The first kappa shape index (κ1) is 10.9. The van der Waals surface area contributed by atoms with Crippen LogP contribution in [0.4, 0.5) is 8.78 Å². The van der Waals surface area contributed by atoms with E-state index < -0.39 is 12.7 Å². The molecule has 0 saturated carbocycles. The second-order valence-corrected chi connectivity index (χ2v) is 2.67. The lowest BCUT2D eigenvalue weighted by atomic mass is 10.1. The topological polar surface area (TPSA) is 55.5 Å². The van der Waals surface area contributed by atoms with E-state index in [1.807, 2.05) is 0 Å². The minimum atomic E-state index is -2.90. The van der Waals surface area contributed by atoms with Crippen molar-refractivity contribution in [2.24, 2.45) is 5.73 Å². The van der Waals surface area contributed by atoms with Crippen LogP contribution < -0.4 is 10.5 Å². The number of benzene rings is 1. The van der Waals surface area contributed by atoms with Crippen LogP contribution in [0.3, 0.4) is 0 Å². The van der Waals surface area contributed by atoms with Crippen molar-refractivity contribution in [1.29, 1.82) is 0 Å². The number of alkyl halides is 2. The van der Waals surface area contributed by atoms with Crippen LogP contribution in [0.1, 0.15) is 11.7 Å². The summed E-state index contributed by atoms with van der Waals surface area (Å²) in [5.41, 5.74) is 5.48. The predicted octanol–water partition coefficient (Wildman–Crippen LogP) is 1.28. The summed E-state index contributed by atoms with van der Waals surface area (Å²) in [7, 11) is 0. The normalized spacial score (nSPS) is 12.9. The van der Waals surface area contributed by atoms with Crippen molar-refractivity contribution in [2.45, 2.75) is 12.7 Å². The zero-order valence-electron chi connectivity index (χ0n) is 7.36. The standard InChI is InChI=1S/C9H11F2NO2/c10-9(11)14-8-4-2-1-3-6(8)7(13)5-12/h1-4,7,9,13H,5,12H2/t7-/m1/s1. The Hall–Kier alpha value is -1.20. The van der Waals surface area contributed by atoms with E-state index in [4.69, 9.17) is 5.73 Å².